The van der Waals surface area contributed by atoms with Crippen LogP contribution in [0.2, 0.25) is 0 Å². The standard InChI is InChI=1S/C16H24N4S.2C2HF3O2/c1-13-5-7-21-16(13)12-19-9-14(8-18(2)3)10-20-15(11-19)4-6-17-20;2*3-2(4,5)1(6)7/h4-7,14H,8-12H2,1-3H3;2*(H,6,7). The number of aliphatic carboxylic acids is 2. The molecule has 35 heavy (non-hydrogen) atoms. The Morgan fingerprint density at radius 1 is 1.09 bits per heavy atom. The van der Waals surface area contributed by atoms with Crippen molar-refractivity contribution in [2.75, 3.05) is 27.2 Å². The van der Waals surface area contributed by atoms with Crippen molar-refractivity contribution in [3.8, 4) is 0 Å². The molecule has 1 unspecified atom stereocenters. The zero-order chi connectivity index (χ0) is 27.0. The average Bonchev–Trinajstić information content (AvgIpc) is 3.26. The highest BCUT2D eigenvalue weighted by Gasteiger charge is 2.38. The van der Waals surface area contributed by atoms with E-state index in [9.17, 15) is 26.3 Å². The number of carbonyl (C=O) groups is 2. The van der Waals surface area contributed by atoms with Crippen molar-refractivity contribution >= 4 is 23.3 Å². The molecule has 0 spiro atoms. The summed E-state index contributed by atoms with van der Waals surface area (Å²) in [6.07, 6.45) is -8.23. The molecular weight excluding hydrogens is 506 g/mol. The number of fused-ring (bicyclic) bond motifs is 1. The molecule has 0 fully saturated rings. The van der Waals surface area contributed by atoms with E-state index in [-0.39, 0.29) is 0 Å². The molecule has 1 aliphatic rings. The minimum absolute atomic E-state index is 0.626. The molecule has 0 saturated carbocycles. The summed E-state index contributed by atoms with van der Waals surface area (Å²) in [6.45, 7) is 7.55. The van der Waals surface area contributed by atoms with Crippen molar-refractivity contribution in [3.63, 3.8) is 0 Å². The van der Waals surface area contributed by atoms with Gasteiger partial charge in [-0.05, 0) is 44.1 Å². The highest BCUT2D eigenvalue weighted by molar-refractivity contribution is 7.10. The van der Waals surface area contributed by atoms with E-state index in [1.54, 1.807) is 0 Å². The zero-order valence-electron chi connectivity index (χ0n) is 19.1. The second-order valence-electron chi connectivity index (χ2n) is 7.94. The maximum absolute atomic E-state index is 10.6. The topological polar surface area (TPSA) is 98.9 Å². The molecule has 2 aromatic heterocycles. The van der Waals surface area contributed by atoms with E-state index in [1.807, 2.05) is 17.5 Å². The molecule has 198 valence electrons. The molecule has 1 aliphatic heterocycles. The fraction of sp³-hybridized carbons (Fsp3) is 0.550. The summed E-state index contributed by atoms with van der Waals surface area (Å²) in [6, 6.07) is 4.38. The monoisotopic (exact) mass is 532 g/mol. The van der Waals surface area contributed by atoms with Gasteiger partial charge in [0.2, 0.25) is 0 Å². The van der Waals surface area contributed by atoms with Crippen molar-refractivity contribution < 1.29 is 46.1 Å². The lowest BCUT2D eigenvalue weighted by molar-refractivity contribution is -0.193. The number of carboxylic acids is 2. The van der Waals surface area contributed by atoms with Gasteiger partial charge in [-0.15, -0.1) is 11.3 Å². The molecule has 3 rings (SSSR count). The Bertz CT molecular complexity index is 934. The molecule has 0 saturated heterocycles. The van der Waals surface area contributed by atoms with E-state index >= 15 is 0 Å². The van der Waals surface area contributed by atoms with Crippen molar-refractivity contribution in [3.05, 3.63) is 39.8 Å². The molecule has 0 aromatic carbocycles. The van der Waals surface area contributed by atoms with Crippen LogP contribution in [0, 0.1) is 12.8 Å². The SMILES string of the molecule is Cc1ccsc1CN1Cc2ccnn2CC(CN(C)C)C1.O=C(O)C(F)(F)F.O=C(O)C(F)(F)F. The normalized spacial score (nSPS) is 16.3. The predicted octanol–water partition coefficient (Wildman–Crippen LogP) is 3.71. The molecule has 0 bridgehead atoms. The third-order valence-corrected chi connectivity index (χ3v) is 5.59. The quantitative estimate of drug-likeness (QED) is 0.580. The highest BCUT2D eigenvalue weighted by atomic mass is 32.1. The molecule has 15 heteroatoms. The Morgan fingerprint density at radius 3 is 2.06 bits per heavy atom. The maximum atomic E-state index is 10.6. The summed E-state index contributed by atoms with van der Waals surface area (Å²) < 4.78 is 65.7. The number of rotatable bonds is 4. The van der Waals surface area contributed by atoms with E-state index in [1.165, 1.54) is 16.1 Å². The first-order valence-corrected chi connectivity index (χ1v) is 10.9. The minimum Gasteiger partial charge on any atom is -0.475 e. The Labute approximate surface area is 201 Å². The fourth-order valence-corrected chi connectivity index (χ4v) is 4.09. The van der Waals surface area contributed by atoms with Gasteiger partial charge in [0.15, 0.2) is 0 Å². The lowest BCUT2D eigenvalue weighted by Gasteiger charge is -2.25. The lowest BCUT2D eigenvalue weighted by atomic mass is 10.1. The Morgan fingerprint density at radius 2 is 1.63 bits per heavy atom. The van der Waals surface area contributed by atoms with Crippen molar-refractivity contribution in [2.24, 2.45) is 5.92 Å². The van der Waals surface area contributed by atoms with Gasteiger partial charge in [0, 0.05) is 49.7 Å². The van der Waals surface area contributed by atoms with Gasteiger partial charge in [0.05, 0.1) is 5.69 Å². The summed E-state index contributed by atoms with van der Waals surface area (Å²) in [7, 11) is 4.31. The van der Waals surface area contributed by atoms with E-state index in [0.717, 1.165) is 32.7 Å². The van der Waals surface area contributed by atoms with Crippen LogP contribution in [0.4, 0.5) is 26.3 Å². The first kappa shape index (κ1) is 30.4. The van der Waals surface area contributed by atoms with Gasteiger partial charge < -0.3 is 15.1 Å². The summed E-state index contributed by atoms with van der Waals surface area (Å²) in [5.41, 5.74) is 2.76. The Hall–Kier alpha value is -2.65. The van der Waals surface area contributed by atoms with Crippen LogP contribution >= 0.6 is 11.3 Å². The lowest BCUT2D eigenvalue weighted by Crippen LogP contribution is -2.33. The van der Waals surface area contributed by atoms with Crippen molar-refractivity contribution in [2.45, 2.75) is 38.9 Å². The van der Waals surface area contributed by atoms with Crippen LogP contribution < -0.4 is 0 Å². The van der Waals surface area contributed by atoms with Crippen LogP contribution in [0.25, 0.3) is 0 Å². The minimum atomic E-state index is -5.08. The molecule has 2 N–H and O–H groups in total. The van der Waals surface area contributed by atoms with Gasteiger partial charge in [-0.25, -0.2) is 9.59 Å². The number of hydrogen-bond donors (Lipinski definition) is 2. The number of thiophene rings is 1. The molecule has 0 amide bonds. The summed E-state index contributed by atoms with van der Waals surface area (Å²) in [5, 5.41) is 20.9. The van der Waals surface area contributed by atoms with Crippen molar-refractivity contribution in [1.82, 2.24) is 19.6 Å². The third-order valence-electron chi connectivity index (χ3n) is 4.58. The fourth-order valence-electron chi connectivity index (χ4n) is 3.14. The van der Waals surface area contributed by atoms with E-state index in [0.29, 0.717) is 5.92 Å². The highest BCUT2D eigenvalue weighted by Crippen LogP contribution is 2.22. The van der Waals surface area contributed by atoms with Crippen LogP contribution in [-0.2, 0) is 29.2 Å². The smallest absolute Gasteiger partial charge is 0.475 e. The van der Waals surface area contributed by atoms with Crippen LogP contribution in [0.3, 0.4) is 0 Å². The average molecular weight is 533 g/mol. The number of alkyl halides is 6. The molecular formula is C20H26F6N4O4S. The van der Waals surface area contributed by atoms with Gasteiger partial charge in [0.1, 0.15) is 0 Å². The number of aromatic nitrogens is 2. The maximum Gasteiger partial charge on any atom is 0.490 e. The molecule has 2 aromatic rings. The first-order valence-electron chi connectivity index (χ1n) is 10.0. The van der Waals surface area contributed by atoms with Crippen LogP contribution in [0.1, 0.15) is 16.1 Å². The second-order valence-corrected chi connectivity index (χ2v) is 8.94. The molecule has 0 aliphatic carbocycles. The number of halogens is 6. The molecule has 3 heterocycles. The summed E-state index contributed by atoms with van der Waals surface area (Å²) >= 11 is 1.87. The van der Waals surface area contributed by atoms with Crippen LogP contribution in [-0.4, -0.2) is 81.3 Å². The van der Waals surface area contributed by atoms with E-state index in [4.69, 9.17) is 19.8 Å². The third kappa shape index (κ3) is 11.1. The van der Waals surface area contributed by atoms with Gasteiger partial charge in [0.25, 0.3) is 0 Å². The molecule has 1 atom stereocenters. The van der Waals surface area contributed by atoms with Crippen LogP contribution in [0.15, 0.2) is 23.7 Å². The first-order chi connectivity index (χ1) is 16.0. The molecule has 0 radical (unpaired) electrons. The predicted molar refractivity (Wildman–Crippen MR) is 115 cm³/mol. The number of aryl methyl sites for hydroxylation is 1. The van der Waals surface area contributed by atoms with Gasteiger partial charge >= 0.3 is 24.3 Å². The summed E-state index contributed by atoms with van der Waals surface area (Å²) in [5.74, 6) is -4.89. The van der Waals surface area contributed by atoms with E-state index < -0.39 is 24.3 Å². The number of nitrogens with zero attached hydrogens (tertiary/aromatic N) is 4. The number of carboxylic acid groups (broad SMARTS) is 2. The van der Waals surface area contributed by atoms with Gasteiger partial charge in [-0.3, -0.25) is 9.58 Å². The summed E-state index contributed by atoms with van der Waals surface area (Å²) in [4.78, 5) is 24.1. The largest absolute Gasteiger partial charge is 0.490 e. The van der Waals surface area contributed by atoms with Gasteiger partial charge in [-0.2, -0.15) is 31.4 Å². The number of hydrogen-bond acceptors (Lipinski definition) is 6. The van der Waals surface area contributed by atoms with Gasteiger partial charge in [-0.1, -0.05) is 0 Å². The Kier molecular flexibility index (Phi) is 11.2. The second kappa shape index (κ2) is 12.9. The Balaban J connectivity index is 0.000000362. The van der Waals surface area contributed by atoms with Crippen molar-refractivity contribution in [1.29, 1.82) is 0 Å². The van der Waals surface area contributed by atoms with E-state index in [2.05, 4.69) is 58.1 Å². The van der Waals surface area contributed by atoms with Crippen LogP contribution in [0.5, 0.6) is 0 Å². The zero-order valence-corrected chi connectivity index (χ0v) is 19.9. The molecule has 8 nitrogen and oxygen atoms in total.